The number of carbonyl (C=O) groups excluding carboxylic acids is 2. The number of hydrogen-bond donors (Lipinski definition) is 1. The maximum atomic E-state index is 12.8. The minimum Gasteiger partial charge on any atom is -0.348 e. The van der Waals surface area contributed by atoms with Crippen LogP contribution in [0.5, 0.6) is 0 Å². The zero-order chi connectivity index (χ0) is 22.5. The highest BCUT2D eigenvalue weighted by molar-refractivity contribution is 7.10. The van der Waals surface area contributed by atoms with Gasteiger partial charge in [0.2, 0.25) is 11.8 Å². The molecule has 8 heteroatoms. The largest absolute Gasteiger partial charge is 0.348 e. The van der Waals surface area contributed by atoms with Crippen molar-refractivity contribution in [3.63, 3.8) is 0 Å². The number of nitrogens with zero attached hydrogens (tertiary/aromatic N) is 3. The Labute approximate surface area is 196 Å². The molecule has 3 aromatic rings. The average molecular weight is 467 g/mol. The van der Waals surface area contributed by atoms with E-state index in [9.17, 15) is 9.59 Å². The molecular weight excluding hydrogens is 440 g/mol. The maximum Gasteiger partial charge on any atom is 0.244 e. The molecule has 32 heavy (non-hydrogen) atoms. The molecule has 0 radical (unpaired) electrons. The Hall–Kier alpha value is -2.84. The summed E-state index contributed by atoms with van der Waals surface area (Å²) in [7, 11) is 0. The summed E-state index contributed by atoms with van der Waals surface area (Å²) in [6, 6.07) is 3.93. The normalized spacial score (nSPS) is 13.4. The van der Waals surface area contributed by atoms with Gasteiger partial charge in [0.1, 0.15) is 0 Å². The van der Waals surface area contributed by atoms with E-state index in [-0.39, 0.29) is 11.8 Å². The van der Waals surface area contributed by atoms with Crippen LogP contribution in [-0.4, -0.2) is 33.2 Å². The minimum atomic E-state index is -0.124. The quantitative estimate of drug-likeness (QED) is 0.533. The molecule has 0 saturated carbocycles. The van der Waals surface area contributed by atoms with Crippen molar-refractivity contribution < 1.29 is 9.59 Å². The predicted molar refractivity (Wildman–Crippen MR) is 128 cm³/mol. The number of hydrogen-bond acceptors (Lipinski definition) is 6. The first kappa shape index (κ1) is 22.4. The Bertz CT molecular complexity index is 1140. The molecule has 3 aromatic heterocycles. The first-order valence-corrected chi connectivity index (χ1v) is 12.4. The van der Waals surface area contributed by atoms with E-state index in [0.717, 1.165) is 40.2 Å². The van der Waals surface area contributed by atoms with Crippen LogP contribution in [0, 0.1) is 13.8 Å². The fourth-order valence-electron chi connectivity index (χ4n) is 3.89. The molecule has 166 valence electrons. The van der Waals surface area contributed by atoms with Crippen LogP contribution in [-0.2, 0) is 35.5 Å². The first-order chi connectivity index (χ1) is 15.5. The molecule has 1 N–H and O–H groups in total. The summed E-state index contributed by atoms with van der Waals surface area (Å²) in [5.74, 6) is 0.0407. The highest BCUT2D eigenvalue weighted by Gasteiger charge is 2.24. The number of rotatable bonds is 7. The van der Waals surface area contributed by atoms with Gasteiger partial charge in [-0.15, -0.1) is 22.7 Å². The third-order valence-corrected chi connectivity index (χ3v) is 7.57. The van der Waals surface area contributed by atoms with Crippen molar-refractivity contribution in [2.45, 2.75) is 46.2 Å². The lowest BCUT2D eigenvalue weighted by atomic mass is 9.94. The minimum absolute atomic E-state index is 0.124. The van der Waals surface area contributed by atoms with E-state index < -0.39 is 0 Å². The van der Waals surface area contributed by atoms with E-state index >= 15 is 0 Å². The summed E-state index contributed by atoms with van der Waals surface area (Å²) < 4.78 is 0. The number of thiazole rings is 1. The number of aromatic nitrogens is 2. The van der Waals surface area contributed by atoms with Crippen LogP contribution in [0.1, 0.15) is 44.3 Å². The molecule has 0 bridgehead atoms. The van der Waals surface area contributed by atoms with Crippen molar-refractivity contribution in [3.05, 3.63) is 73.1 Å². The van der Waals surface area contributed by atoms with Crippen LogP contribution in [0.15, 0.2) is 35.3 Å². The van der Waals surface area contributed by atoms with Gasteiger partial charge in [0.25, 0.3) is 0 Å². The molecule has 0 spiro atoms. The number of carbonyl (C=O) groups is 2. The SMILES string of the molecule is Cc1ncsc1CCC(=O)N1CCc2c(cnc(C)c2CNC(=O)/C=C/c2cccs2)C1. The molecule has 0 atom stereocenters. The number of pyridine rings is 1. The Kier molecular flexibility index (Phi) is 7.12. The highest BCUT2D eigenvalue weighted by Crippen LogP contribution is 2.25. The molecular formula is C24H26N4O2S2. The molecule has 0 fully saturated rings. The summed E-state index contributed by atoms with van der Waals surface area (Å²) in [5, 5.41) is 4.96. The molecule has 4 heterocycles. The summed E-state index contributed by atoms with van der Waals surface area (Å²) in [5.41, 5.74) is 7.12. The zero-order valence-electron chi connectivity index (χ0n) is 18.3. The Morgan fingerprint density at radius 3 is 2.84 bits per heavy atom. The lowest BCUT2D eigenvalue weighted by Crippen LogP contribution is -2.37. The Morgan fingerprint density at radius 2 is 2.09 bits per heavy atom. The number of nitrogens with one attached hydrogen (secondary N) is 1. The van der Waals surface area contributed by atoms with E-state index in [1.54, 1.807) is 28.7 Å². The van der Waals surface area contributed by atoms with Crippen molar-refractivity contribution in [3.8, 4) is 0 Å². The summed E-state index contributed by atoms with van der Waals surface area (Å²) in [6.45, 7) is 5.66. The second-order valence-electron chi connectivity index (χ2n) is 7.82. The van der Waals surface area contributed by atoms with E-state index in [1.165, 1.54) is 10.4 Å². The third kappa shape index (κ3) is 5.31. The fourth-order valence-corrected chi connectivity index (χ4v) is 5.29. The van der Waals surface area contributed by atoms with Gasteiger partial charge in [0.05, 0.1) is 11.2 Å². The Balaban J connectivity index is 1.37. The monoisotopic (exact) mass is 466 g/mol. The number of thiophene rings is 1. The molecule has 1 aliphatic rings. The van der Waals surface area contributed by atoms with Gasteiger partial charge in [0.15, 0.2) is 0 Å². The molecule has 0 aliphatic carbocycles. The van der Waals surface area contributed by atoms with Gasteiger partial charge in [-0.2, -0.15) is 0 Å². The predicted octanol–water partition coefficient (Wildman–Crippen LogP) is 4.06. The molecule has 2 amide bonds. The third-order valence-electron chi connectivity index (χ3n) is 5.74. The number of fused-ring (bicyclic) bond motifs is 1. The molecule has 4 rings (SSSR count). The van der Waals surface area contributed by atoms with E-state index in [1.807, 2.05) is 54.0 Å². The van der Waals surface area contributed by atoms with Gasteiger partial charge < -0.3 is 10.2 Å². The molecule has 0 unspecified atom stereocenters. The van der Waals surface area contributed by atoms with E-state index in [4.69, 9.17) is 0 Å². The van der Waals surface area contributed by atoms with Crippen LogP contribution in [0.2, 0.25) is 0 Å². The molecule has 0 aromatic carbocycles. The van der Waals surface area contributed by atoms with Gasteiger partial charge in [-0.1, -0.05) is 6.07 Å². The fraction of sp³-hybridized carbons (Fsp3) is 0.333. The van der Waals surface area contributed by atoms with Crippen molar-refractivity contribution in [1.29, 1.82) is 0 Å². The van der Waals surface area contributed by atoms with Crippen molar-refractivity contribution in [1.82, 2.24) is 20.2 Å². The van der Waals surface area contributed by atoms with Gasteiger partial charge >= 0.3 is 0 Å². The topological polar surface area (TPSA) is 75.2 Å². The van der Waals surface area contributed by atoms with Crippen LogP contribution < -0.4 is 5.32 Å². The molecule has 0 saturated heterocycles. The summed E-state index contributed by atoms with van der Waals surface area (Å²) in [4.78, 5) is 38.0. The number of amides is 2. The summed E-state index contributed by atoms with van der Waals surface area (Å²) in [6.07, 6.45) is 7.27. The van der Waals surface area contributed by atoms with Gasteiger partial charge in [0, 0.05) is 53.8 Å². The Morgan fingerprint density at radius 1 is 1.22 bits per heavy atom. The van der Waals surface area contributed by atoms with Crippen LogP contribution in [0.25, 0.3) is 6.08 Å². The second kappa shape index (κ2) is 10.2. The molecule has 6 nitrogen and oxygen atoms in total. The van der Waals surface area contributed by atoms with E-state index in [0.29, 0.717) is 26.1 Å². The average Bonchev–Trinajstić information content (AvgIpc) is 3.46. The summed E-state index contributed by atoms with van der Waals surface area (Å²) >= 11 is 3.20. The van der Waals surface area contributed by atoms with Crippen molar-refractivity contribution in [2.24, 2.45) is 0 Å². The number of aryl methyl sites for hydroxylation is 3. The highest BCUT2D eigenvalue weighted by atomic mass is 32.1. The lowest BCUT2D eigenvalue weighted by molar-refractivity contribution is -0.132. The van der Waals surface area contributed by atoms with Gasteiger partial charge in [-0.3, -0.25) is 14.6 Å². The van der Waals surface area contributed by atoms with Gasteiger partial charge in [-0.05, 0) is 60.9 Å². The first-order valence-electron chi connectivity index (χ1n) is 10.6. The van der Waals surface area contributed by atoms with Crippen molar-refractivity contribution >= 4 is 40.6 Å². The zero-order valence-corrected chi connectivity index (χ0v) is 19.9. The smallest absolute Gasteiger partial charge is 0.244 e. The van der Waals surface area contributed by atoms with Crippen LogP contribution >= 0.6 is 22.7 Å². The second-order valence-corrected chi connectivity index (χ2v) is 9.74. The standard InChI is InChI=1S/C24H26N4O2S2/c1-16-21(13-26-23(29)7-5-19-4-3-11-31-19)20-9-10-28(14-18(20)12-25-16)24(30)8-6-22-17(2)27-15-32-22/h3-5,7,11-12,15H,6,8-10,13-14H2,1-2H3,(H,26,29)/b7-5+. The maximum absolute atomic E-state index is 12.8. The molecule has 1 aliphatic heterocycles. The van der Waals surface area contributed by atoms with Crippen LogP contribution in [0.4, 0.5) is 0 Å². The van der Waals surface area contributed by atoms with E-state index in [2.05, 4.69) is 15.3 Å². The van der Waals surface area contributed by atoms with Crippen molar-refractivity contribution in [2.75, 3.05) is 6.54 Å². The van der Waals surface area contributed by atoms with Crippen LogP contribution in [0.3, 0.4) is 0 Å². The lowest BCUT2D eigenvalue weighted by Gasteiger charge is -2.30. The van der Waals surface area contributed by atoms with Gasteiger partial charge in [-0.25, -0.2) is 4.98 Å².